The van der Waals surface area contributed by atoms with Crippen LogP contribution < -0.4 is 5.73 Å². The van der Waals surface area contributed by atoms with Gasteiger partial charge >= 0.3 is 0 Å². The van der Waals surface area contributed by atoms with Crippen LogP contribution in [0.4, 0.5) is 0 Å². The Labute approximate surface area is 109 Å². The van der Waals surface area contributed by atoms with E-state index in [1.54, 1.807) is 0 Å². The Morgan fingerprint density at radius 3 is 2.72 bits per heavy atom. The number of likely N-dealkylation sites (tertiary alicyclic amines) is 1. The third kappa shape index (κ3) is 3.53. The lowest BCUT2D eigenvalue weighted by Gasteiger charge is -2.33. The molecule has 1 aliphatic rings. The molecule has 0 spiro atoms. The number of hydrogen-bond donors (Lipinski definition) is 1. The molecular weight excluding hydrogens is 226 g/mol. The molecule has 0 aromatic carbocycles. The second-order valence-corrected chi connectivity index (χ2v) is 5.62. The van der Waals surface area contributed by atoms with Crippen LogP contribution in [0.5, 0.6) is 0 Å². The number of hydrogen-bond acceptors (Lipinski definition) is 4. The van der Waals surface area contributed by atoms with Crippen LogP contribution in [0.15, 0.2) is 6.20 Å². The van der Waals surface area contributed by atoms with Crippen LogP contribution in [0, 0.1) is 11.8 Å². The summed E-state index contributed by atoms with van der Waals surface area (Å²) in [5, 5.41) is 8.27. The predicted molar refractivity (Wildman–Crippen MR) is 71.9 cm³/mol. The lowest BCUT2D eigenvalue weighted by Crippen LogP contribution is -2.34. The average molecular weight is 251 g/mol. The van der Waals surface area contributed by atoms with Gasteiger partial charge in [-0.15, -0.1) is 5.10 Å². The Hall–Kier alpha value is -0.940. The van der Waals surface area contributed by atoms with E-state index in [2.05, 4.69) is 29.1 Å². The van der Waals surface area contributed by atoms with E-state index in [9.17, 15) is 0 Å². The first kappa shape index (κ1) is 13.5. The maximum Gasteiger partial charge on any atom is 0.0967 e. The number of rotatable bonds is 5. The summed E-state index contributed by atoms with van der Waals surface area (Å²) in [5.74, 6) is 1.71. The average Bonchev–Trinajstić information content (AvgIpc) is 2.78. The first-order valence-electron chi connectivity index (χ1n) is 7.00. The van der Waals surface area contributed by atoms with Crippen molar-refractivity contribution in [2.45, 2.75) is 39.8 Å². The Morgan fingerprint density at radius 1 is 1.39 bits per heavy atom. The van der Waals surface area contributed by atoms with Crippen LogP contribution in [-0.4, -0.2) is 39.5 Å². The SMILES string of the molecule is CC(C)C1CCN(Cc2cn(CCN)nn2)CC1. The molecule has 0 amide bonds. The molecule has 2 heterocycles. The number of aromatic nitrogens is 3. The van der Waals surface area contributed by atoms with Gasteiger partial charge in [0.25, 0.3) is 0 Å². The van der Waals surface area contributed by atoms with Crippen molar-refractivity contribution < 1.29 is 0 Å². The van der Waals surface area contributed by atoms with Gasteiger partial charge in [0.2, 0.25) is 0 Å². The highest BCUT2D eigenvalue weighted by Gasteiger charge is 2.21. The summed E-state index contributed by atoms with van der Waals surface area (Å²) < 4.78 is 1.83. The van der Waals surface area contributed by atoms with Crippen molar-refractivity contribution in [3.8, 4) is 0 Å². The summed E-state index contributed by atoms with van der Waals surface area (Å²) in [7, 11) is 0. The molecule has 0 unspecified atom stereocenters. The monoisotopic (exact) mass is 251 g/mol. The van der Waals surface area contributed by atoms with Crippen LogP contribution in [0.3, 0.4) is 0 Å². The zero-order chi connectivity index (χ0) is 13.0. The summed E-state index contributed by atoms with van der Waals surface area (Å²) in [6, 6.07) is 0. The Morgan fingerprint density at radius 2 is 2.11 bits per heavy atom. The minimum Gasteiger partial charge on any atom is -0.329 e. The molecule has 2 N–H and O–H groups in total. The van der Waals surface area contributed by atoms with Crippen molar-refractivity contribution >= 4 is 0 Å². The Bertz CT molecular complexity index is 352. The van der Waals surface area contributed by atoms with Crippen LogP contribution in [0.1, 0.15) is 32.4 Å². The maximum absolute atomic E-state index is 5.50. The van der Waals surface area contributed by atoms with Crippen LogP contribution in [0.2, 0.25) is 0 Å². The molecule has 5 heteroatoms. The Kier molecular flexibility index (Phi) is 4.72. The highest BCUT2D eigenvalue weighted by molar-refractivity contribution is 4.93. The highest BCUT2D eigenvalue weighted by Crippen LogP contribution is 2.24. The van der Waals surface area contributed by atoms with Crippen molar-refractivity contribution in [2.75, 3.05) is 19.6 Å². The van der Waals surface area contributed by atoms with Gasteiger partial charge in [-0.1, -0.05) is 19.1 Å². The zero-order valence-corrected chi connectivity index (χ0v) is 11.5. The summed E-state index contributed by atoms with van der Waals surface area (Å²) in [5.41, 5.74) is 6.56. The lowest BCUT2D eigenvalue weighted by molar-refractivity contribution is 0.150. The van der Waals surface area contributed by atoms with E-state index < -0.39 is 0 Å². The van der Waals surface area contributed by atoms with Gasteiger partial charge in [0.1, 0.15) is 0 Å². The van der Waals surface area contributed by atoms with E-state index in [1.165, 1.54) is 25.9 Å². The van der Waals surface area contributed by atoms with Gasteiger partial charge in [0, 0.05) is 19.3 Å². The lowest BCUT2D eigenvalue weighted by atomic mass is 9.87. The maximum atomic E-state index is 5.50. The van der Waals surface area contributed by atoms with Crippen molar-refractivity contribution in [1.82, 2.24) is 19.9 Å². The van der Waals surface area contributed by atoms with Crippen molar-refractivity contribution in [2.24, 2.45) is 17.6 Å². The molecule has 0 bridgehead atoms. The van der Waals surface area contributed by atoms with Crippen LogP contribution in [-0.2, 0) is 13.1 Å². The van der Waals surface area contributed by atoms with Crippen LogP contribution >= 0.6 is 0 Å². The number of piperidine rings is 1. The first-order chi connectivity index (χ1) is 8.69. The van der Waals surface area contributed by atoms with E-state index in [0.29, 0.717) is 6.54 Å². The minimum absolute atomic E-state index is 0.614. The fourth-order valence-corrected chi connectivity index (χ4v) is 2.66. The molecule has 18 heavy (non-hydrogen) atoms. The fourth-order valence-electron chi connectivity index (χ4n) is 2.66. The molecule has 0 radical (unpaired) electrons. The predicted octanol–water partition coefficient (Wildman–Crippen LogP) is 1.10. The van der Waals surface area contributed by atoms with Crippen molar-refractivity contribution in [3.05, 3.63) is 11.9 Å². The van der Waals surface area contributed by atoms with Gasteiger partial charge in [-0.2, -0.15) is 0 Å². The summed E-state index contributed by atoms with van der Waals surface area (Å²) in [6.45, 7) is 9.33. The van der Waals surface area contributed by atoms with Gasteiger partial charge in [-0.3, -0.25) is 9.58 Å². The Balaban J connectivity index is 1.80. The first-order valence-corrected chi connectivity index (χ1v) is 7.00. The summed E-state index contributed by atoms with van der Waals surface area (Å²) in [6.07, 6.45) is 4.64. The normalized spacial score (nSPS) is 18.7. The van der Waals surface area contributed by atoms with Crippen molar-refractivity contribution in [1.29, 1.82) is 0 Å². The quantitative estimate of drug-likeness (QED) is 0.851. The minimum atomic E-state index is 0.614. The molecule has 2 rings (SSSR count). The molecule has 102 valence electrons. The summed E-state index contributed by atoms with van der Waals surface area (Å²) >= 11 is 0. The zero-order valence-electron chi connectivity index (χ0n) is 11.5. The molecule has 1 fully saturated rings. The highest BCUT2D eigenvalue weighted by atomic mass is 15.4. The summed E-state index contributed by atoms with van der Waals surface area (Å²) in [4.78, 5) is 2.48. The van der Waals surface area contributed by atoms with Crippen molar-refractivity contribution in [3.63, 3.8) is 0 Å². The second kappa shape index (κ2) is 6.29. The molecule has 0 atom stereocenters. The number of nitrogens with zero attached hydrogens (tertiary/aromatic N) is 4. The standard InChI is InChI=1S/C13H25N5/c1-11(2)12-3-6-17(7-4-12)9-13-10-18(8-5-14)16-15-13/h10-12H,3-9,14H2,1-2H3. The van der Waals surface area contributed by atoms with E-state index in [-0.39, 0.29) is 0 Å². The molecular formula is C13H25N5. The molecule has 0 saturated carbocycles. The van der Waals surface area contributed by atoms with Gasteiger partial charge in [0.15, 0.2) is 0 Å². The largest absolute Gasteiger partial charge is 0.329 e. The number of nitrogens with two attached hydrogens (primary N) is 1. The fraction of sp³-hybridized carbons (Fsp3) is 0.846. The van der Waals surface area contributed by atoms with Gasteiger partial charge in [-0.05, 0) is 37.8 Å². The van der Waals surface area contributed by atoms with Crippen LogP contribution in [0.25, 0.3) is 0 Å². The van der Waals surface area contributed by atoms with E-state index >= 15 is 0 Å². The van der Waals surface area contributed by atoms with E-state index in [0.717, 1.165) is 30.6 Å². The molecule has 1 aromatic heterocycles. The molecule has 1 aliphatic heterocycles. The topological polar surface area (TPSA) is 60.0 Å². The third-order valence-electron chi connectivity index (χ3n) is 3.90. The molecule has 1 aromatic rings. The smallest absolute Gasteiger partial charge is 0.0967 e. The van der Waals surface area contributed by atoms with Gasteiger partial charge in [-0.25, -0.2) is 0 Å². The second-order valence-electron chi connectivity index (χ2n) is 5.62. The van der Waals surface area contributed by atoms with Gasteiger partial charge < -0.3 is 5.73 Å². The molecule has 1 saturated heterocycles. The van der Waals surface area contributed by atoms with E-state index in [4.69, 9.17) is 5.73 Å². The van der Waals surface area contributed by atoms with E-state index in [1.807, 2.05) is 10.9 Å². The molecule has 5 nitrogen and oxygen atoms in total. The third-order valence-corrected chi connectivity index (χ3v) is 3.90. The molecule has 0 aliphatic carbocycles. The van der Waals surface area contributed by atoms with Gasteiger partial charge in [0.05, 0.1) is 12.2 Å².